The Kier molecular flexibility index (Phi) is 3.51. The lowest BCUT2D eigenvalue weighted by Gasteiger charge is -2.02. The van der Waals surface area contributed by atoms with Crippen molar-refractivity contribution < 1.29 is 9.32 Å². The van der Waals surface area contributed by atoms with Crippen LogP contribution in [0.5, 0.6) is 0 Å². The van der Waals surface area contributed by atoms with E-state index in [0.29, 0.717) is 29.2 Å². The first-order valence-corrected chi connectivity index (χ1v) is 8.07. The Morgan fingerprint density at radius 1 is 1.42 bits per heavy atom. The van der Waals surface area contributed by atoms with Gasteiger partial charge in [0.1, 0.15) is 5.82 Å². The van der Waals surface area contributed by atoms with E-state index in [2.05, 4.69) is 25.7 Å². The van der Waals surface area contributed by atoms with E-state index in [4.69, 9.17) is 4.52 Å². The normalized spacial score (nSPS) is 14.5. The van der Waals surface area contributed by atoms with E-state index in [0.717, 1.165) is 18.4 Å². The Morgan fingerprint density at radius 3 is 2.96 bits per heavy atom. The summed E-state index contributed by atoms with van der Waals surface area (Å²) < 4.78 is 7.10. The van der Waals surface area contributed by atoms with Crippen LogP contribution in [0.2, 0.25) is 0 Å². The summed E-state index contributed by atoms with van der Waals surface area (Å²) in [6.45, 7) is 4.02. The summed E-state index contributed by atoms with van der Waals surface area (Å²) >= 11 is 0. The number of pyridine rings is 1. The summed E-state index contributed by atoms with van der Waals surface area (Å²) in [6.07, 6.45) is 4.18. The first-order valence-electron chi connectivity index (χ1n) is 8.07. The molecule has 0 aromatic carbocycles. The zero-order valence-corrected chi connectivity index (χ0v) is 13.6. The van der Waals surface area contributed by atoms with Crippen molar-refractivity contribution in [1.82, 2.24) is 30.1 Å². The highest BCUT2D eigenvalue weighted by molar-refractivity contribution is 5.78. The molecule has 1 saturated carbocycles. The number of carbonyl (C=O) groups is 1. The number of amides is 1. The molecule has 3 aromatic rings. The smallest absolute Gasteiger partial charge is 0.258 e. The van der Waals surface area contributed by atoms with Crippen molar-refractivity contribution in [2.45, 2.75) is 45.1 Å². The summed E-state index contributed by atoms with van der Waals surface area (Å²) in [5.74, 6) is 1.93. The molecule has 1 aliphatic rings. The third kappa shape index (κ3) is 2.86. The molecule has 3 aromatic heterocycles. The minimum absolute atomic E-state index is 0.0191. The lowest BCUT2D eigenvalue weighted by atomic mass is 10.2. The zero-order valence-electron chi connectivity index (χ0n) is 13.6. The third-order valence-electron chi connectivity index (χ3n) is 3.95. The van der Waals surface area contributed by atoms with Crippen molar-refractivity contribution >= 4 is 11.6 Å². The van der Waals surface area contributed by atoms with E-state index in [1.54, 1.807) is 4.40 Å². The lowest BCUT2D eigenvalue weighted by molar-refractivity contribution is -0.120. The van der Waals surface area contributed by atoms with Gasteiger partial charge in [0.25, 0.3) is 5.89 Å². The van der Waals surface area contributed by atoms with Gasteiger partial charge < -0.3 is 9.84 Å². The molecule has 3 heterocycles. The highest BCUT2D eigenvalue weighted by atomic mass is 16.5. The molecule has 0 saturated heterocycles. The fourth-order valence-corrected chi connectivity index (χ4v) is 2.43. The van der Waals surface area contributed by atoms with Gasteiger partial charge in [-0.25, -0.2) is 0 Å². The Morgan fingerprint density at radius 2 is 2.25 bits per heavy atom. The quantitative estimate of drug-likeness (QED) is 0.766. The maximum absolute atomic E-state index is 11.9. The average Bonchev–Trinajstić information content (AvgIpc) is 3.09. The molecule has 0 unspecified atom stereocenters. The maximum atomic E-state index is 11.9. The van der Waals surface area contributed by atoms with E-state index < -0.39 is 0 Å². The number of nitrogens with one attached hydrogen (secondary N) is 1. The Labute approximate surface area is 138 Å². The molecule has 8 nitrogen and oxygen atoms in total. The highest BCUT2D eigenvalue weighted by Crippen LogP contribution is 2.22. The lowest BCUT2D eigenvalue weighted by Crippen LogP contribution is -2.27. The van der Waals surface area contributed by atoms with E-state index in [1.165, 1.54) is 0 Å². The summed E-state index contributed by atoms with van der Waals surface area (Å²) in [6, 6.07) is 4.03. The van der Waals surface area contributed by atoms with Crippen LogP contribution < -0.4 is 5.32 Å². The van der Waals surface area contributed by atoms with Gasteiger partial charge in [-0.1, -0.05) is 19.0 Å². The molecular weight excluding hydrogens is 308 g/mol. The Bertz CT molecular complexity index is 893. The molecule has 0 radical (unpaired) electrons. The van der Waals surface area contributed by atoms with Gasteiger partial charge in [0.15, 0.2) is 11.5 Å². The summed E-state index contributed by atoms with van der Waals surface area (Å²) in [5.41, 5.74) is 1.43. The number of hydrogen-bond acceptors (Lipinski definition) is 6. The van der Waals surface area contributed by atoms with Crippen LogP contribution in [0.1, 0.15) is 44.3 Å². The van der Waals surface area contributed by atoms with Gasteiger partial charge in [-0.05, 0) is 25.0 Å². The molecule has 4 rings (SSSR count). The van der Waals surface area contributed by atoms with Crippen molar-refractivity contribution in [3.8, 4) is 11.5 Å². The zero-order chi connectivity index (χ0) is 16.7. The molecular formula is C16H18N6O2. The Hall–Kier alpha value is -2.77. The first kappa shape index (κ1) is 14.8. The summed E-state index contributed by atoms with van der Waals surface area (Å²) in [7, 11) is 0. The van der Waals surface area contributed by atoms with Crippen LogP contribution in [0.15, 0.2) is 22.9 Å². The second-order valence-corrected chi connectivity index (χ2v) is 6.39. The van der Waals surface area contributed by atoms with E-state index in [9.17, 15) is 4.79 Å². The molecule has 1 fully saturated rings. The molecule has 0 atom stereocenters. The maximum Gasteiger partial charge on any atom is 0.258 e. The van der Waals surface area contributed by atoms with Crippen LogP contribution in [0, 0.1) is 0 Å². The molecule has 1 amide bonds. The molecule has 0 spiro atoms. The monoisotopic (exact) mass is 326 g/mol. The highest BCUT2D eigenvalue weighted by Gasteiger charge is 2.24. The Balaban J connectivity index is 1.58. The minimum atomic E-state index is -0.0191. The molecule has 24 heavy (non-hydrogen) atoms. The predicted molar refractivity (Wildman–Crippen MR) is 85.2 cm³/mol. The molecule has 1 aliphatic carbocycles. The van der Waals surface area contributed by atoms with Crippen molar-refractivity contribution in [1.29, 1.82) is 0 Å². The topological polar surface area (TPSA) is 98.2 Å². The van der Waals surface area contributed by atoms with Gasteiger partial charge in [-0.2, -0.15) is 4.98 Å². The van der Waals surface area contributed by atoms with Crippen molar-refractivity contribution in [2.75, 3.05) is 0 Å². The second-order valence-electron chi connectivity index (χ2n) is 6.39. The summed E-state index contributed by atoms with van der Waals surface area (Å²) in [4.78, 5) is 16.3. The first-order chi connectivity index (χ1) is 11.6. The van der Waals surface area contributed by atoms with Crippen LogP contribution in [-0.4, -0.2) is 36.7 Å². The number of nitrogens with zero attached hydrogens (tertiary/aromatic N) is 5. The number of carbonyl (C=O) groups excluding carboxylic acids is 1. The predicted octanol–water partition coefficient (Wildman–Crippen LogP) is 1.72. The van der Waals surface area contributed by atoms with Gasteiger partial charge in [0, 0.05) is 23.7 Å². The van der Waals surface area contributed by atoms with Crippen LogP contribution >= 0.6 is 0 Å². The van der Waals surface area contributed by atoms with Gasteiger partial charge >= 0.3 is 0 Å². The van der Waals surface area contributed by atoms with Crippen LogP contribution in [-0.2, 0) is 11.2 Å². The van der Waals surface area contributed by atoms with Crippen LogP contribution in [0.3, 0.4) is 0 Å². The van der Waals surface area contributed by atoms with Gasteiger partial charge in [0.2, 0.25) is 5.91 Å². The van der Waals surface area contributed by atoms with Gasteiger partial charge in [-0.15, -0.1) is 10.2 Å². The van der Waals surface area contributed by atoms with Gasteiger partial charge in [-0.3, -0.25) is 9.20 Å². The minimum Gasteiger partial charge on any atom is -0.353 e. The third-order valence-corrected chi connectivity index (χ3v) is 3.95. The van der Waals surface area contributed by atoms with Crippen molar-refractivity contribution in [2.24, 2.45) is 0 Å². The fraction of sp³-hybridized carbons (Fsp3) is 0.438. The van der Waals surface area contributed by atoms with Crippen molar-refractivity contribution in [3.05, 3.63) is 30.0 Å². The number of hydrogen-bond donors (Lipinski definition) is 1. The number of rotatable bonds is 5. The molecule has 124 valence electrons. The van der Waals surface area contributed by atoms with Crippen LogP contribution in [0.4, 0.5) is 0 Å². The molecule has 0 aliphatic heterocycles. The number of fused-ring (bicyclic) bond motifs is 1. The van der Waals surface area contributed by atoms with E-state index in [1.807, 2.05) is 32.2 Å². The number of aromatic nitrogens is 5. The second kappa shape index (κ2) is 5.70. The van der Waals surface area contributed by atoms with E-state index >= 15 is 0 Å². The summed E-state index contributed by atoms with van der Waals surface area (Å²) in [5, 5.41) is 15.2. The molecule has 0 bridgehead atoms. The average molecular weight is 326 g/mol. The van der Waals surface area contributed by atoms with Gasteiger partial charge in [0.05, 0.1) is 6.42 Å². The SMILES string of the molecule is CC(C)c1noc(-c2ccn3c(CC(=O)NC4CC4)nnc3c2)n1. The molecule has 1 N–H and O–H groups in total. The largest absolute Gasteiger partial charge is 0.353 e. The fourth-order valence-electron chi connectivity index (χ4n) is 2.43. The standard InChI is InChI=1S/C16H18N6O2/c1-9(2)15-18-16(24-21-15)10-5-6-22-12(7-10)19-20-13(22)8-14(23)17-11-3-4-11/h5-7,9,11H,3-4,8H2,1-2H3,(H,17,23). The van der Waals surface area contributed by atoms with Crippen molar-refractivity contribution in [3.63, 3.8) is 0 Å². The van der Waals surface area contributed by atoms with E-state index in [-0.39, 0.29) is 18.2 Å². The molecule has 8 heteroatoms. The van der Waals surface area contributed by atoms with Crippen LogP contribution in [0.25, 0.3) is 17.1 Å².